The monoisotopic (exact) mass is 492 g/mol. The number of aliphatic hydroxyl groups excluding tert-OH is 1. The SMILES string of the molecule is O=c1[nH]cnc2c1ncn2[C@H]1C[C@H](O)[C@H](COP(=O)(O)OP(=O)(O)OP(=O)(O)O)O1. The first-order valence-electron chi connectivity index (χ1n) is 7.78. The number of phosphoric ester groups is 1. The number of aromatic amines is 1. The first-order chi connectivity index (χ1) is 13.8. The summed E-state index contributed by atoms with van der Waals surface area (Å²) in [4.78, 5) is 57.4. The average molecular weight is 492 g/mol. The van der Waals surface area contributed by atoms with Crippen LogP contribution in [0.2, 0.25) is 0 Å². The van der Waals surface area contributed by atoms with Crippen LogP contribution in [0.1, 0.15) is 12.6 Å². The number of nitrogens with one attached hydrogen (secondary N) is 1. The van der Waals surface area contributed by atoms with Crippen molar-refractivity contribution in [1.82, 2.24) is 19.5 Å². The maximum atomic E-state index is 11.7. The minimum Gasteiger partial charge on any atom is -0.390 e. The zero-order chi connectivity index (χ0) is 22.3. The van der Waals surface area contributed by atoms with E-state index in [-0.39, 0.29) is 17.6 Å². The lowest BCUT2D eigenvalue weighted by Gasteiger charge is -2.19. The topological polar surface area (TPSA) is 253 Å². The number of rotatable bonds is 8. The molecule has 0 aromatic carbocycles. The highest BCUT2D eigenvalue weighted by Gasteiger charge is 2.43. The Labute approximate surface area is 165 Å². The summed E-state index contributed by atoms with van der Waals surface area (Å²) in [6.45, 7) is -0.817. The molecule has 2 aromatic rings. The molecule has 0 amide bonds. The van der Waals surface area contributed by atoms with Crippen molar-refractivity contribution in [3.05, 3.63) is 23.0 Å². The first kappa shape index (κ1) is 23.3. The Morgan fingerprint density at radius 2 is 1.87 bits per heavy atom. The number of aromatic nitrogens is 4. The minimum atomic E-state index is -5.65. The van der Waals surface area contributed by atoms with Gasteiger partial charge >= 0.3 is 23.5 Å². The van der Waals surface area contributed by atoms with Crippen LogP contribution in [0.5, 0.6) is 0 Å². The molecular weight excluding hydrogens is 477 g/mol. The number of imidazole rings is 1. The van der Waals surface area contributed by atoms with Gasteiger partial charge in [-0.1, -0.05) is 0 Å². The Morgan fingerprint density at radius 1 is 1.17 bits per heavy atom. The number of nitrogens with zero attached hydrogens (tertiary/aromatic N) is 3. The molecule has 2 unspecified atom stereocenters. The third-order valence-electron chi connectivity index (χ3n) is 3.70. The summed E-state index contributed by atoms with van der Waals surface area (Å²) in [5, 5.41) is 10.1. The number of aliphatic hydroxyl groups is 1. The fourth-order valence-corrected chi connectivity index (χ4v) is 5.61. The Kier molecular flexibility index (Phi) is 6.47. The van der Waals surface area contributed by atoms with Gasteiger partial charge < -0.3 is 34.4 Å². The second-order valence-electron chi connectivity index (χ2n) is 5.87. The van der Waals surface area contributed by atoms with E-state index in [0.29, 0.717) is 0 Å². The number of hydrogen-bond donors (Lipinski definition) is 6. The van der Waals surface area contributed by atoms with Gasteiger partial charge in [0.1, 0.15) is 12.3 Å². The van der Waals surface area contributed by atoms with Gasteiger partial charge in [0, 0.05) is 6.42 Å². The molecule has 6 N–H and O–H groups in total. The van der Waals surface area contributed by atoms with E-state index >= 15 is 0 Å². The van der Waals surface area contributed by atoms with Crippen LogP contribution in [0.3, 0.4) is 0 Å². The third kappa shape index (κ3) is 5.68. The zero-order valence-corrected chi connectivity index (χ0v) is 17.2. The number of ether oxygens (including phenoxy) is 1. The quantitative estimate of drug-likeness (QED) is 0.244. The average Bonchev–Trinajstić information content (AvgIpc) is 3.14. The van der Waals surface area contributed by atoms with Gasteiger partial charge in [0.25, 0.3) is 5.56 Å². The lowest BCUT2D eigenvalue weighted by Crippen LogP contribution is -2.26. The summed E-state index contributed by atoms with van der Waals surface area (Å²) < 4.78 is 52.1. The number of phosphoric acid groups is 3. The van der Waals surface area contributed by atoms with E-state index in [1.807, 2.05) is 0 Å². The smallest absolute Gasteiger partial charge is 0.390 e. The van der Waals surface area contributed by atoms with Crippen LogP contribution in [0.4, 0.5) is 0 Å². The van der Waals surface area contributed by atoms with Crippen molar-refractivity contribution < 1.29 is 56.3 Å². The van der Waals surface area contributed by atoms with E-state index in [1.54, 1.807) is 0 Å². The number of H-pyrrole nitrogens is 1. The van der Waals surface area contributed by atoms with Gasteiger partial charge in [0.2, 0.25) is 0 Å². The molecule has 168 valence electrons. The number of fused-ring (bicyclic) bond motifs is 1. The largest absolute Gasteiger partial charge is 0.490 e. The molecule has 1 aliphatic heterocycles. The highest BCUT2D eigenvalue weighted by molar-refractivity contribution is 7.66. The normalized spacial score (nSPS) is 26.5. The van der Waals surface area contributed by atoms with Crippen LogP contribution in [-0.4, -0.2) is 63.0 Å². The van der Waals surface area contributed by atoms with E-state index in [1.165, 1.54) is 10.9 Å². The van der Waals surface area contributed by atoms with Gasteiger partial charge in [-0.05, 0) is 0 Å². The molecule has 17 nitrogen and oxygen atoms in total. The summed E-state index contributed by atoms with van der Waals surface area (Å²) in [5.41, 5.74) is -0.321. The molecule has 0 bridgehead atoms. The van der Waals surface area contributed by atoms with E-state index in [0.717, 1.165) is 6.33 Å². The first-order valence-corrected chi connectivity index (χ1v) is 12.3. The molecule has 3 rings (SSSR count). The van der Waals surface area contributed by atoms with Gasteiger partial charge in [0.15, 0.2) is 11.2 Å². The molecule has 30 heavy (non-hydrogen) atoms. The standard InChI is InChI=1S/C10H15N4O13P3/c15-5-1-7(14-4-13-8-9(14)11-3-12-10(8)16)25-6(5)2-24-29(20,21)27-30(22,23)26-28(17,18)19/h3-7,15H,1-2H2,(H,20,21)(H,22,23)(H,11,12,16)(H2,17,18,19)/t5-,6-,7+/m0/s1. The lowest BCUT2D eigenvalue weighted by molar-refractivity contribution is -0.0423. The Balaban J connectivity index is 1.64. The van der Waals surface area contributed by atoms with Crippen molar-refractivity contribution in [2.75, 3.05) is 6.61 Å². The molecule has 1 saturated heterocycles. The number of hydrogen-bond acceptors (Lipinski definition) is 11. The maximum Gasteiger partial charge on any atom is 0.490 e. The van der Waals surface area contributed by atoms with Crippen molar-refractivity contribution in [2.24, 2.45) is 0 Å². The van der Waals surface area contributed by atoms with Gasteiger partial charge in [-0.3, -0.25) is 13.9 Å². The summed E-state index contributed by atoms with van der Waals surface area (Å²) in [5.74, 6) is 0. The Morgan fingerprint density at radius 3 is 2.53 bits per heavy atom. The van der Waals surface area contributed by atoms with Gasteiger partial charge in [-0.2, -0.15) is 8.62 Å². The second kappa shape index (κ2) is 8.31. The van der Waals surface area contributed by atoms with Crippen molar-refractivity contribution >= 4 is 34.6 Å². The molecule has 2 aromatic heterocycles. The molecule has 0 radical (unpaired) electrons. The molecule has 20 heteroatoms. The zero-order valence-electron chi connectivity index (χ0n) is 14.5. The molecule has 0 saturated carbocycles. The molecule has 1 fully saturated rings. The van der Waals surface area contributed by atoms with Crippen molar-refractivity contribution in [3.63, 3.8) is 0 Å². The van der Waals surface area contributed by atoms with Gasteiger partial charge in [0.05, 0.1) is 25.4 Å². The molecule has 3 heterocycles. The van der Waals surface area contributed by atoms with Crippen molar-refractivity contribution in [2.45, 2.75) is 24.9 Å². The predicted molar refractivity (Wildman–Crippen MR) is 92.5 cm³/mol. The van der Waals surface area contributed by atoms with E-state index in [2.05, 4.69) is 28.1 Å². The van der Waals surface area contributed by atoms with Crippen LogP contribution in [0.15, 0.2) is 17.4 Å². The van der Waals surface area contributed by atoms with Crippen LogP contribution in [0.25, 0.3) is 11.2 Å². The highest BCUT2D eigenvalue weighted by atomic mass is 31.3. The fraction of sp³-hybridized carbons (Fsp3) is 0.500. The van der Waals surface area contributed by atoms with E-state index in [9.17, 15) is 28.5 Å². The summed E-state index contributed by atoms with van der Waals surface area (Å²) in [7, 11) is -16.5. The van der Waals surface area contributed by atoms with E-state index in [4.69, 9.17) is 19.4 Å². The predicted octanol–water partition coefficient (Wildman–Crippen LogP) is -0.889. The fourth-order valence-electron chi connectivity index (χ4n) is 2.58. The molecule has 0 spiro atoms. The minimum absolute atomic E-state index is 0.0207. The Bertz CT molecular complexity index is 1130. The highest BCUT2D eigenvalue weighted by Crippen LogP contribution is 2.66. The molecular formula is C10H15N4O13P3. The summed E-state index contributed by atoms with van der Waals surface area (Å²) in [6, 6.07) is 0. The third-order valence-corrected chi connectivity index (χ3v) is 7.50. The second-order valence-corrected chi connectivity index (χ2v) is 10.3. The van der Waals surface area contributed by atoms with Gasteiger partial charge in [-0.15, -0.1) is 0 Å². The maximum absolute atomic E-state index is 11.7. The van der Waals surface area contributed by atoms with Gasteiger partial charge in [-0.25, -0.2) is 23.7 Å². The molecule has 1 aliphatic rings. The Hall–Kier alpha value is -1.32. The van der Waals surface area contributed by atoms with E-state index < -0.39 is 54.1 Å². The molecule has 0 aliphatic carbocycles. The lowest BCUT2D eigenvalue weighted by atomic mass is 10.2. The summed E-state index contributed by atoms with van der Waals surface area (Å²) in [6.07, 6.45) is -1.00. The summed E-state index contributed by atoms with van der Waals surface area (Å²) >= 11 is 0. The van der Waals surface area contributed by atoms with Crippen LogP contribution in [0, 0.1) is 0 Å². The molecule has 5 atom stereocenters. The van der Waals surface area contributed by atoms with Crippen LogP contribution >= 0.6 is 23.5 Å². The van der Waals surface area contributed by atoms with Crippen LogP contribution < -0.4 is 5.56 Å². The van der Waals surface area contributed by atoms with Crippen LogP contribution in [-0.2, 0) is 31.6 Å². The van der Waals surface area contributed by atoms with Crippen molar-refractivity contribution in [3.8, 4) is 0 Å². The van der Waals surface area contributed by atoms with Crippen molar-refractivity contribution in [1.29, 1.82) is 0 Å².